The third kappa shape index (κ3) is 9.55. The van der Waals surface area contributed by atoms with Crippen LogP contribution in [0.15, 0.2) is 0 Å². The maximum atomic E-state index is 11.1. The normalized spacial score (nSPS) is 19.1. The van der Waals surface area contributed by atoms with Gasteiger partial charge in [-0.2, -0.15) is 0 Å². The van der Waals surface area contributed by atoms with Crippen molar-refractivity contribution < 1.29 is 23.4 Å². The van der Waals surface area contributed by atoms with Crippen LogP contribution in [0.2, 0.25) is 36.3 Å². The average molecular weight is 479 g/mol. The zero-order valence-electron chi connectivity index (χ0n) is 23.1. The molecule has 7 heteroatoms. The van der Waals surface area contributed by atoms with E-state index in [0.29, 0.717) is 13.2 Å². The van der Waals surface area contributed by atoms with Crippen LogP contribution in [0.1, 0.15) is 62.3 Å². The Morgan fingerprint density at radius 1 is 0.742 bits per heavy atom. The van der Waals surface area contributed by atoms with Crippen LogP contribution in [0.5, 0.6) is 0 Å². The van der Waals surface area contributed by atoms with Gasteiger partial charge in [0.25, 0.3) is 0 Å². The Hall–Kier alpha value is 0.234. The van der Waals surface area contributed by atoms with Gasteiger partial charge in [-0.15, -0.1) is 0 Å². The molecule has 0 fully saturated rings. The zero-order valence-corrected chi connectivity index (χ0v) is 25.1. The van der Waals surface area contributed by atoms with E-state index in [1.807, 2.05) is 0 Å². The van der Waals surface area contributed by atoms with Crippen molar-refractivity contribution in [2.45, 2.75) is 111 Å². The van der Waals surface area contributed by atoms with Crippen molar-refractivity contribution >= 4 is 16.6 Å². The molecule has 0 saturated carbocycles. The van der Waals surface area contributed by atoms with Crippen LogP contribution in [0.3, 0.4) is 0 Å². The molecule has 5 nitrogen and oxygen atoms in total. The average Bonchev–Trinajstić information content (AvgIpc) is 2.62. The Morgan fingerprint density at radius 2 is 1.13 bits per heavy atom. The molecule has 0 aromatic heterocycles. The number of aliphatic hydroxyl groups excluding tert-OH is 1. The summed E-state index contributed by atoms with van der Waals surface area (Å²) in [4.78, 5) is 0. The number of hydrogen-bond acceptors (Lipinski definition) is 5. The number of hydrogen-bond donors (Lipinski definition) is 1. The van der Waals surface area contributed by atoms with Gasteiger partial charge in [0.1, 0.15) is 6.79 Å². The van der Waals surface area contributed by atoms with E-state index in [1.165, 1.54) is 0 Å². The summed E-state index contributed by atoms with van der Waals surface area (Å²) in [5.41, 5.74) is 0. The summed E-state index contributed by atoms with van der Waals surface area (Å²) in [7, 11) is -2.06. The number of rotatable bonds is 13. The summed E-state index contributed by atoms with van der Waals surface area (Å²) in [6, 6.07) is 0. The van der Waals surface area contributed by atoms with Crippen molar-refractivity contribution in [1.82, 2.24) is 0 Å². The molecule has 5 atom stereocenters. The molecular weight excluding hydrogens is 424 g/mol. The lowest BCUT2D eigenvalue weighted by Crippen LogP contribution is -2.47. The first-order valence-electron chi connectivity index (χ1n) is 11.8. The van der Waals surface area contributed by atoms with Crippen LogP contribution in [0.4, 0.5) is 0 Å². The first-order valence-corrected chi connectivity index (χ1v) is 17.7. The Labute approximate surface area is 195 Å². The highest BCUT2D eigenvalue weighted by Crippen LogP contribution is 2.38. The second-order valence-electron chi connectivity index (χ2n) is 12.5. The van der Waals surface area contributed by atoms with Crippen LogP contribution < -0.4 is 0 Å². The number of ether oxygens (including phenoxy) is 2. The highest BCUT2D eigenvalue weighted by molar-refractivity contribution is 6.74. The number of methoxy groups -OCH3 is 1. The SMILES string of the molecule is COCO[C@H]([C@@H](C)[C@@H](O)[C@H](C)CO[Si](C)(C)C(C)(C)C)[C@H](C)CO[Si](C)(C)C(C)(C)C. The lowest BCUT2D eigenvalue weighted by Gasteiger charge is -2.40. The van der Waals surface area contributed by atoms with Crippen molar-refractivity contribution in [2.24, 2.45) is 17.8 Å². The first kappa shape index (κ1) is 31.2. The van der Waals surface area contributed by atoms with E-state index in [-0.39, 0.29) is 40.7 Å². The summed E-state index contributed by atoms with van der Waals surface area (Å²) in [6.45, 7) is 30.2. The fourth-order valence-corrected chi connectivity index (χ4v) is 5.22. The molecule has 0 aliphatic carbocycles. The Morgan fingerprint density at radius 3 is 1.48 bits per heavy atom. The van der Waals surface area contributed by atoms with Crippen molar-refractivity contribution in [2.75, 3.05) is 27.1 Å². The number of aliphatic hydroxyl groups is 1. The van der Waals surface area contributed by atoms with E-state index < -0.39 is 22.7 Å². The Balaban J connectivity index is 5.19. The molecule has 31 heavy (non-hydrogen) atoms. The summed E-state index contributed by atoms with van der Waals surface area (Å²) < 4.78 is 24.1. The molecular formula is C24H54O5Si2. The lowest BCUT2D eigenvalue weighted by molar-refractivity contribution is -0.136. The van der Waals surface area contributed by atoms with Gasteiger partial charge in [0, 0.05) is 38.1 Å². The second-order valence-corrected chi connectivity index (χ2v) is 22.1. The molecule has 0 spiro atoms. The van der Waals surface area contributed by atoms with E-state index in [1.54, 1.807) is 7.11 Å². The van der Waals surface area contributed by atoms with Crippen LogP contribution in [-0.2, 0) is 18.3 Å². The minimum absolute atomic E-state index is 0.0197. The monoisotopic (exact) mass is 478 g/mol. The molecule has 0 aromatic carbocycles. The van der Waals surface area contributed by atoms with Crippen molar-refractivity contribution in [3.63, 3.8) is 0 Å². The van der Waals surface area contributed by atoms with Gasteiger partial charge in [-0.1, -0.05) is 62.3 Å². The van der Waals surface area contributed by atoms with Crippen LogP contribution >= 0.6 is 0 Å². The van der Waals surface area contributed by atoms with Gasteiger partial charge >= 0.3 is 0 Å². The molecule has 0 aliphatic rings. The minimum atomic E-state index is -1.85. The third-order valence-corrected chi connectivity index (χ3v) is 16.6. The van der Waals surface area contributed by atoms with Crippen molar-refractivity contribution in [3.05, 3.63) is 0 Å². The maximum absolute atomic E-state index is 11.1. The van der Waals surface area contributed by atoms with Gasteiger partial charge in [0.05, 0.1) is 12.2 Å². The molecule has 0 aromatic rings. The summed E-state index contributed by atoms with van der Waals surface area (Å²) in [6.07, 6.45) is -0.683. The second kappa shape index (κ2) is 12.1. The predicted octanol–water partition coefficient (Wildman–Crippen LogP) is 6.29. The van der Waals surface area contributed by atoms with Gasteiger partial charge in [-0.05, 0) is 36.3 Å². The van der Waals surface area contributed by atoms with Crippen LogP contribution in [-0.4, -0.2) is 61.1 Å². The van der Waals surface area contributed by atoms with Gasteiger partial charge in [0.2, 0.25) is 0 Å². The van der Waals surface area contributed by atoms with Crippen LogP contribution in [0, 0.1) is 17.8 Å². The molecule has 0 saturated heterocycles. The summed E-state index contributed by atoms with van der Waals surface area (Å²) in [5.74, 6) is 0.0971. The Bertz CT molecular complexity index is 511. The molecule has 0 aliphatic heterocycles. The largest absolute Gasteiger partial charge is 0.416 e. The van der Waals surface area contributed by atoms with Crippen LogP contribution in [0.25, 0.3) is 0 Å². The zero-order chi connectivity index (χ0) is 24.8. The predicted molar refractivity (Wildman–Crippen MR) is 137 cm³/mol. The maximum Gasteiger partial charge on any atom is 0.191 e. The lowest BCUT2D eigenvalue weighted by atomic mass is 9.84. The highest BCUT2D eigenvalue weighted by atomic mass is 28.4. The van der Waals surface area contributed by atoms with Gasteiger partial charge in [0.15, 0.2) is 16.6 Å². The third-order valence-electron chi connectivity index (χ3n) is 7.61. The molecule has 0 radical (unpaired) electrons. The molecule has 188 valence electrons. The molecule has 0 bridgehead atoms. The minimum Gasteiger partial charge on any atom is -0.416 e. The molecule has 0 heterocycles. The quantitative estimate of drug-likeness (QED) is 0.249. The van der Waals surface area contributed by atoms with Gasteiger partial charge in [-0.25, -0.2) is 0 Å². The smallest absolute Gasteiger partial charge is 0.191 e. The fraction of sp³-hybridized carbons (Fsp3) is 1.00. The first-order chi connectivity index (χ1) is 13.8. The van der Waals surface area contributed by atoms with E-state index in [9.17, 15) is 5.11 Å². The molecule has 0 unspecified atom stereocenters. The molecule has 0 rings (SSSR count). The topological polar surface area (TPSA) is 57.2 Å². The van der Waals surface area contributed by atoms with E-state index in [2.05, 4.69) is 88.5 Å². The molecule has 1 N–H and O–H groups in total. The van der Waals surface area contributed by atoms with E-state index in [0.717, 1.165) is 0 Å². The standard InChI is InChI=1S/C24H54O5Si2/c1-18(15-28-30(11,12)23(4,5)6)21(25)20(3)22(27-17-26-10)19(2)16-29-31(13,14)24(7,8)9/h18-22,25H,15-17H2,1-14H3/t18-,19-,20+,21+,22+/m1/s1. The van der Waals surface area contributed by atoms with Gasteiger partial charge < -0.3 is 23.4 Å². The summed E-state index contributed by atoms with van der Waals surface area (Å²) in [5, 5.41) is 11.5. The van der Waals surface area contributed by atoms with Crippen molar-refractivity contribution in [3.8, 4) is 0 Å². The van der Waals surface area contributed by atoms with Gasteiger partial charge in [-0.3, -0.25) is 0 Å². The fourth-order valence-electron chi connectivity index (χ4n) is 3.00. The Kier molecular flexibility index (Phi) is 12.2. The highest BCUT2D eigenvalue weighted by Gasteiger charge is 2.40. The molecule has 0 amide bonds. The van der Waals surface area contributed by atoms with E-state index in [4.69, 9.17) is 18.3 Å². The van der Waals surface area contributed by atoms with E-state index >= 15 is 0 Å². The summed E-state index contributed by atoms with van der Waals surface area (Å²) >= 11 is 0. The van der Waals surface area contributed by atoms with Crippen molar-refractivity contribution in [1.29, 1.82) is 0 Å².